The topological polar surface area (TPSA) is 23.6 Å². The number of piperidine rings is 1. The van der Waals surface area contributed by atoms with E-state index in [4.69, 9.17) is 0 Å². The highest BCUT2D eigenvalue weighted by Gasteiger charge is 2.65. The fraction of sp³-hybridized carbons (Fsp3) is 0.476. The van der Waals surface area contributed by atoms with Crippen LogP contribution in [0.5, 0.6) is 0 Å². The van der Waals surface area contributed by atoms with Crippen LogP contribution in [0.3, 0.4) is 0 Å². The zero-order valence-electron chi connectivity index (χ0n) is 14.5. The number of amides is 1. The Labute approximate surface area is 143 Å². The molecule has 0 aromatic heterocycles. The maximum absolute atomic E-state index is 12.6. The number of benzene rings is 1. The predicted molar refractivity (Wildman–Crippen MR) is 96.1 cm³/mol. The van der Waals surface area contributed by atoms with Crippen LogP contribution in [0.4, 0.5) is 5.69 Å². The largest absolute Gasteiger partial charge is 0.304 e. The number of allylic oxidation sites excluding steroid dienone is 1. The number of anilines is 1. The molecule has 4 aliphatic rings. The van der Waals surface area contributed by atoms with E-state index in [2.05, 4.69) is 53.6 Å². The standard InChI is InChI=1S/C21H24N2O/c1-4-15-12-22-10-9-21-17-7-5-6-8-18(17)23(14(3)24)20(21)13(2)16(15)11-19(21)22/h4-8,16,19-20H,2,9-12H2,1,3H3/b15-4+/t16-,19+,20+,21?/m1/s1. The molecule has 2 saturated heterocycles. The summed E-state index contributed by atoms with van der Waals surface area (Å²) in [4.78, 5) is 17.3. The van der Waals surface area contributed by atoms with Gasteiger partial charge in [-0.3, -0.25) is 9.69 Å². The van der Waals surface area contributed by atoms with Gasteiger partial charge in [-0.15, -0.1) is 0 Å². The molecule has 1 unspecified atom stereocenters. The number of hydrogen-bond donors (Lipinski definition) is 0. The van der Waals surface area contributed by atoms with E-state index in [1.54, 1.807) is 6.92 Å². The first-order valence-corrected chi connectivity index (χ1v) is 9.06. The molecule has 24 heavy (non-hydrogen) atoms. The molecule has 3 fully saturated rings. The molecule has 124 valence electrons. The lowest BCUT2D eigenvalue weighted by Crippen LogP contribution is -2.61. The molecule has 1 aromatic carbocycles. The van der Waals surface area contributed by atoms with Crippen LogP contribution < -0.4 is 4.90 Å². The van der Waals surface area contributed by atoms with Crippen molar-refractivity contribution in [3.63, 3.8) is 0 Å². The van der Waals surface area contributed by atoms with Crippen molar-refractivity contribution in [2.45, 2.75) is 44.2 Å². The van der Waals surface area contributed by atoms with Gasteiger partial charge in [-0.05, 0) is 43.5 Å². The molecule has 0 radical (unpaired) electrons. The van der Waals surface area contributed by atoms with Crippen LogP contribution in [0.15, 0.2) is 48.1 Å². The van der Waals surface area contributed by atoms with Crippen molar-refractivity contribution >= 4 is 11.6 Å². The van der Waals surface area contributed by atoms with Crippen LogP contribution >= 0.6 is 0 Å². The molecule has 1 spiro atoms. The molecule has 3 nitrogen and oxygen atoms in total. The molecule has 4 atom stereocenters. The molecular weight excluding hydrogens is 296 g/mol. The molecule has 3 heteroatoms. The average molecular weight is 320 g/mol. The monoisotopic (exact) mass is 320 g/mol. The summed E-state index contributed by atoms with van der Waals surface area (Å²) in [6.45, 7) is 10.6. The van der Waals surface area contributed by atoms with Crippen molar-refractivity contribution in [3.05, 3.63) is 53.6 Å². The zero-order chi connectivity index (χ0) is 16.6. The Kier molecular flexibility index (Phi) is 2.78. The lowest BCUT2D eigenvalue weighted by molar-refractivity contribution is -0.117. The van der Waals surface area contributed by atoms with Gasteiger partial charge in [0.1, 0.15) is 0 Å². The van der Waals surface area contributed by atoms with Gasteiger partial charge in [0.05, 0.1) is 6.04 Å². The Morgan fingerprint density at radius 1 is 1.38 bits per heavy atom. The minimum atomic E-state index is 0.0507. The summed E-state index contributed by atoms with van der Waals surface area (Å²) in [5.74, 6) is 0.578. The lowest BCUT2D eigenvalue weighted by atomic mass is 9.58. The third-order valence-electron chi connectivity index (χ3n) is 7.06. The first kappa shape index (κ1) is 14.5. The normalized spacial score (nSPS) is 38.4. The zero-order valence-corrected chi connectivity index (χ0v) is 14.5. The number of nitrogens with zero attached hydrogens (tertiary/aromatic N) is 2. The van der Waals surface area contributed by atoms with Crippen molar-refractivity contribution in [3.8, 4) is 0 Å². The number of para-hydroxylation sites is 1. The molecule has 3 heterocycles. The number of carbonyl (C=O) groups is 1. The van der Waals surface area contributed by atoms with E-state index in [9.17, 15) is 4.79 Å². The molecule has 1 aliphatic carbocycles. The Balaban J connectivity index is 1.78. The lowest BCUT2D eigenvalue weighted by Gasteiger charge is -2.53. The van der Waals surface area contributed by atoms with E-state index in [0.717, 1.165) is 31.6 Å². The molecule has 0 N–H and O–H groups in total. The van der Waals surface area contributed by atoms with E-state index in [1.165, 1.54) is 16.7 Å². The molecule has 2 bridgehead atoms. The van der Waals surface area contributed by atoms with Crippen LogP contribution in [0, 0.1) is 5.92 Å². The molecule has 1 saturated carbocycles. The summed E-state index contributed by atoms with van der Waals surface area (Å²) in [6.07, 6.45) is 4.57. The molecule has 1 aromatic rings. The Morgan fingerprint density at radius 3 is 2.92 bits per heavy atom. The van der Waals surface area contributed by atoms with Gasteiger partial charge in [-0.2, -0.15) is 0 Å². The summed E-state index contributed by atoms with van der Waals surface area (Å²) >= 11 is 0. The van der Waals surface area contributed by atoms with Gasteiger partial charge in [-0.25, -0.2) is 0 Å². The first-order chi connectivity index (χ1) is 11.6. The number of rotatable bonds is 0. The van der Waals surface area contributed by atoms with Crippen LogP contribution in [-0.2, 0) is 10.2 Å². The Bertz CT molecular complexity index is 795. The van der Waals surface area contributed by atoms with Crippen LogP contribution in [-0.4, -0.2) is 36.0 Å². The van der Waals surface area contributed by atoms with Crippen molar-refractivity contribution in [1.82, 2.24) is 4.90 Å². The van der Waals surface area contributed by atoms with Crippen LogP contribution in [0.25, 0.3) is 0 Å². The molecular formula is C21H24N2O. The van der Waals surface area contributed by atoms with Gasteiger partial charge in [0.15, 0.2) is 0 Å². The third-order valence-corrected chi connectivity index (χ3v) is 7.06. The van der Waals surface area contributed by atoms with Gasteiger partial charge in [0, 0.05) is 36.5 Å². The first-order valence-electron chi connectivity index (χ1n) is 9.06. The van der Waals surface area contributed by atoms with E-state index < -0.39 is 0 Å². The van der Waals surface area contributed by atoms with Crippen molar-refractivity contribution in [2.24, 2.45) is 5.92 Å². The minimum Gasteiger partial charge on any atom is -0.304 e. The summed E-state index contributed by atoms with van der Waals surface area (Å²) in [6, 6.07) is 9.23. The van der Waals surface area contributed by atoms with Crippen LogP contribution in [0.2, 0.25) is 0 Å². The van der Waals surface area contributed by atoms with Gasteiger partial charge in [0.2, 0.25) is 5.91 Å². The summed E-state index contributed by atoms with van der Waals surface area (Å²) in [5, 5.41) is 0. The SMILES string of the molecule is C=C1[C@H]2C[C@@H]3N(CCC34c3ccccc3N(C(C)=O)[C@@H]14)C/C2=C\C. The van der Waals surface area contributed by atoms with E-state index in [-0.39, 0.29) is 17.4 Å². The summed E-state index contributed by atoms with van der Waals surface area (Å²) < 4.78 is 0. The average Bonchev–Trinajstić information content (AvgIpc) is 3.12. The highest BCUT2D eigenvalue weighted by atomic mass is 16.2. The maximum Gasteiger partial charge on any atom is 0.224 e. The van der Waals surface area contributed by atoms with Gasteiger partial charge < -0.3 is 4.90 Å². The number of carbonyl (C=O) groups excluding carboxylic acids is 1. The van der Waals surface area contributed by atoms with Gasteiger partial charge in [-0.1, -0.05) is 36.4 Å². The molecule has 5 rings (SSSR count). The highest BCUT2D eigenvalue weighted by molar-refractivity contribution is 5.97. The fourth-order valence-electron chi connectivity index (χ4n) is 6.19. The van der Waals surface area contributed by atoms with E-state index in [0.29, 0.717) is 12.0 Å². The molecule has 3 aliphatic heterocycles. The minimum absolute atomic E-state index is 0.0507. The second kappa shape index (κ2) is 4.60. The number of fused-ring (bicyclic) bond motifs is 2. The second-order valence-corrected chi connectivity index (χ2v) is 7.81. The maximum atomic E-state index is 12.6. The smallest absolute Gasteiger partial charge is 0.224 e. The summed E-state index contributed by atoms with van der Waals surface area (Å²) in [5.41, 5.74) is 5.29. The van der Waals surface area contributed by atoms with Gasteiger partial charge in [0.25, 0.3) is 0 Å². The van der Waals surface area contributed by atoms with Crippen LogP contribution in [0.1, 0.15) is 32.3 Å². The van der Waals surface area contributed by atoms with E-state index in [1.807, 2.05) is 0 Å². The van der Waals surface area contributed by atoms with E-state index >= 15 is 0 Å². The highest BCUT2D eigenvalue weighted by Crippen LogP contribution is 2.62. The Morgan fingerprint density at radius 2 is 2.17 bits per heavy atom. The third kappa shape index (κ3) is 1.46. The number of hydrogen-bond acceptors (Lipinski definition) is 2. The fourth-order valence-corrected chi connectivity index (χ4v) is 6.19. The van der Waals surface area contributed by atoms with Crippen molar-refractivity contribution in [2.75, 3.05) is 18.0 Å². The Hall–Kier alpha value is -1.87. The summed E-state index contributed by atoms with van der Waals surface area (Å²) in [7, 11) is 0. The molecule has 1 amide bonds. The van der Waals surface area contributed by atoms with Crippen molar-refractivity contribution in [1.29, 1.82) is 0 Å². The predicted octanol–water partition coefficient (Wildman–Crippen LogP) is 3.27. The van der Waals surface area contributed by atoms with Crippen molar-refractivity contribution < 1.29 is 4.79 Å². The quantitative estimate of drug-likeness (QED) is 0.685. The second-order valence-electron chi connectivity index (χ2n) is 7.81. The van der Waals surface area contributed by atoms with Gasteiger partial charge >= 0.3 is 0 Å².